The highest BCUT2D eigenvalue weighted by Crippen LogP contribution is 2.38. The molecule has 1 aromatic rings. The summed E-state index contributed by atoms with van der Waals surface area (Å²) in [6, 6.07) is 8.24. The number of benzene rings is 1. The summed E-state index contributed by atoms with van der Waals surface area (Å²) in [4.78, 5) is 12.6. The van der Waals surface area contributed by atoms with E-state index in [1.165, 1.54) is 6.42 Å². The van der Waals surface area contributed by atoms with E-state index in [0.717, 1.165) is 30.6 Å². The van der Waals surface area contributed by atoms with Gasteiger partial charge in [-0.05, 0) is 37.2 Å². The maximum absolute atomic E-state index is 12.6. The van der Waals surface area contributed by atoms with E-state index in [2.05, 4.69) is 19.2 Å². The summed E-state index contributed by atoms with van der Waals surface area (Å²) >= 11 is 0. The van der Waals surface area contributed by atoms with Crippen LogP contribution in [0.4, 0.5) is 0 Å². The number of rotatable bonds is 2. The minimum absolute atomic E-state index is 0.0522. The molecule has 2 unspecified atom stereocenters. The molecule has 20 heavy (non-hydrogen) atoms. The SMILES string of the molecule is CC1(C)CCC(NC(=O)C2CCOc3ccccc32)C1. The standard InChI is InChI=1S/C17H23NO2/c1-17(2)9-7-12(11-17)18-16(19)14-8-10-20-15-6-4-3-5-13(14)15/h3-6,12,14H,7-11H2,1-2H3,(H,18,19). The monoisotopic (exact) mass is 273 g/mol. The number of carbonyl (C=O) groups is 1. The minimum Gasteiger partial charge on any atom is -0.493 e. The maximum atomic E-state index is 12.6. The first-order valence-electron chi connectivity index (χ1n) is 7.57. The fourth-order valence-corrected chi connectivity index (χ4v) is 3.48. The van der Waals surface area contributed by atoms with Crippen molar-refractivity contribution in [3.8, 4) is 5.75 Å². The molecule has 3 rings (SSSR count). The number of fused-ring (bicyclic) bond motifs is 1. The van der Waals surface area contributed by atoms with Crippen LogP contribution in [0.3, 0.4) is 0 Å². The molecule has 1 fully saturated rings. The molecule has 1 saturated carbocycles. The van der Waals surface area contributed by atoms with Gasteiger partial charge in [-0.1, -0.05) is 32.0 Å². The largest absolute Gasteiger partial charge is 0.493 e. The number of ether oxygens (including phenoxy) is 1. The van der Waals surface area contributed by atoms with Crippen molar-refractivity contribution in [2.75, 3.05) is 6.61 Å². The molecule has 0 saturated heterocycles. The van der Waals surface area contributed by atoms with Crippen molar-refractivity contribution in [3.05, 3.63) is 29.8 Å². The molecule has 108 valence electrons. The highest BCUT2D eigenvalue weighted by molar-refractivity contribution is 5.85. The fraction of sp³-hybridized carbons (Fsp3) is 0.588. The molecule has 0 aromatic heterocycles. The van der Waals surface area contributed by atoms with Gasteiger partial charge in [0.1, 0.15) is 5.75 Å². The van der Waals surface area contributed by atoms with E-state index in [1.807, 2.05) is 24.3 Å². The van der Waals surface area contributed by atoms with E-state index in [1.54, 1.807) is 0 Å². The number of amides is 1. The summed E-state index contributed by atoms with van der Waals surface area (Å²) in [6.45, 7) is 5.19. The summed E-state index contributed by atoms with van der Waals surface area (Å²) in [5.74, 6) is 0.984. The second kappa shape index (κ2) is 5.12. The van der Waals surface area contributed by atoms with Crippen molar-refractivity contribution < 1.29 is 9.53 Å². The average Bonchev–Trinajstić information content (AvgIpc) is 2.77. The van der Waals surface area contributed by atoms with Gasteiger partial charge in [-0.2, -0.15) is 0 Å². The average molecular weight is 273 g/mol. The molecule has 0 spiro atoms. The molecule has 1 N–H and O–H groups in total. The second-order valence-corrected chi connectivity index (χ2v) is 6.84. The van der Waals surface area contributed by atoms with E-state index in [-0.39, 0.29) is 11.8 Å². The minimum atomic E-state index is -0.0522. The molecule has 1 amide bonds. The van der Waals surface area contributed by atoms with Crippen molar-refractivity contribution >= 4 is 5.91 Å². The number of carbonyl (C=O) groups excluding carboxylic acids is 1. The van der Waals surface area contributed by atoms with Crippen LogP contribution in [0.25, 0.3) is 0 Å². The third-order valence-electron chi connectivity index (χ3n) is 4.59. The van der Waals surface area contributed by atoms with E-state index < -0.39 is 0 Å². The van der Waals surface area contributed by atoms with E-state index in [4.69, 9.17) is 4.74 Å². The van der Waals surface area contributed by atoms with Crippen LogP contribution in [-0.4, -0.2) is 18.6 Å². The Morgan fingerprint density at radius 2 is 2.10 bits per heavy atom. The fourth-order valence-electron chi connectivity index (χ4n) is 3.48. The molecule has 3 heteroatoms. The zero-order valence-electron chi connectivity index (χ0n) is 12.3. The van der Waals surface area contributed by atoms with Crippen molar-refractivity contribution in [2.24, 2.45) is 5.41 Å². The van der Waals surface area contributed by atoms with Crippen molar-refractivity contribution in [2.45, 2.75) is 51.5 Å². The first-order valence-corrected chi connectivity index (χ1v) is 7.57. The number of nitrogens with one attached hydrogen (secondary N) is 1. The lowest BCUT2D eigenvalue weighted by Gasteiger charge is -2.26. The first-order chi connectivity index (χ1) is 9.55. The van der Waals surface area contributed by atoms with Crippen LogP contribution >= 0.6 is 0 Å². The topological polar surface area (TPSA) is 38.3 Å². The Bertz CT molecular complexity index is 509. The Morgan fingerprint density at radius 1 is 1.30 bits per heavy atom. The van der Waals surface area contributed by atoms with Gasteiger partial charge in [0.15, 0.2) is 0 Å². The van der Waals surface area contributed by atoms with Gasteiger partial charge in [0.25, 0.3) is 0 Å². The van der Waals surface area contributed by atoms with Crippen molar-refractivity contribution in [1.29, 1.82) is 0 Å². The third-order valence-corrected chi connectivity index (χ3v) is 4.59. The van der Waals surface area contributed by atoms with Gasteiger partial charge in [-0.15, -0.1) is 0 Å². The molecule has 1 aliphatic carbocycles. The molecular weight excluding hydrogens is 250 g/mol. The zero-order chi connectivity index (χ0) is 14.2. The van der Waals surface area contributed by atoms with E-state index in [0.29, 0.717) is 18.1 Å². The van der Waals surface area contributed by atoms with Crippen LogP contribution in [-0.2, 0) is 4.79 Å². The molecule has 1 aromatic carbocycles. The number of hydrogen-bond acceptors (Lipinski definition) is 2. The highest BCUT2D eigenvalue weighted by atomic mass is 16.5. The maximum Gasteiger partial charge on any atom is 0.228 e. The van der Waals surface area contributed by atoms with Crippen LogP contribution in [0.15, 0.2) is 24.3 Å². The Morgan fingerprint density at radius 3 is 2.85 bits per heavy atom. The quantitative estimate of drug-likeness (QED) is 0.898. The Labute approximate surface area is 120 Å². The molecule has 0 radical (unpaired) electrons. The Balaban J connectivity index is 1.70. The lowest BCUT2D eigenvalue weighted by Crippen LogP contribution is -2.38. The van der Waals surface area contributed by atoms with Crippen LogP contribution in [0.2, 0.25) is 0 Å². The van der Waals surface area contributed by atoms with Crippen LogP contribution in [0.1, 0.15) is 51.0 Å². The Hall–Kier alpha value is -1.51. The van der Waals surface area contributed by atoms with Gasteiger partial charge in [0, 0.05) is 11.6 Å². The van der Waals surface area contributed by atoms with Crippen LogP contribution in [0, 0.1) is 5.41 Å². The highest BCUT2D eigenvalue weighted by Gasteiger charge is 2.34. The van der Waals surface area contributed by atoms with Gasteiger partial charge in [-0.3, -0.25) is 4.79 Å². The molecule has 2 aliphatic rings. The smallest absolute Gasteiger partial charge is 0.228 e. The van der Waals surface area contributed by atoms with Crippen LogP contribution in [0.5, 0.6) is 5.75 Å². The van der Waals surface area contributed by atoms with Gasteiger partial charge >= 0.3 is 0 Å². The lowest BCUT2D eigenvalue weighted by atomic mass is 9.91. The molecule has 2 atom stereocenters. The van der Waals surface area contributed by atoms with Crippen molar-refractivity contribution in [1.82, 2.24) is 5.32 Å². The summed E-state index contributed by atoms with van der Waals surface area (Å²) in [6.07, 6.45) is 4.16. The predicted octanol–water partition coefficient (Wildman–Crippen LogP) is 3.25. The predicted molar refractivity (Wildman–Crippen MR) is 78.9 cm³/mol. The summed E-state index contributed by atoms with van der Waals surface area (Å²) in [7, 11) is 0. The summed E-state index contributed by atoms with van der Waals surface area (Å²) in [5.41, 5.74) is 1.40. The lowest BCUT2D eigenvalue weighted by molar-refractivity contribution is -0.123. The molecule has 1 heterocycles. The van der Waals surface area contributed by atoms with Gasteiger partial charge < -0.3 is 10.1 Å². The molecule has 1 aliphatic heterocycles. The summed E-state index contributed by atoms with van der Waals surface area (Å²) in [5, 5.41) is 3.25. The number of para-hydroxylation sites is 1. The van der Waals surface area contributed by atoms with Gasteiger partial charge in [0.2, 0.25) is 5.91 Å². The molecule has 0 bridgehead atoms. The van der Waals surface area contributed by atoms with Crippen LogP contribution < -0.4 is 10.1 Å². The second-order valence-electron chi connectivity index (χ2n) is 6.84. The normalized spacial score (nSPS) is 27.5. The third kappa shape index (κ3) is 2.67. The zero-order valence-corrected chi connectivity index (χ0v) is 12.3. The Kier molecular flexibility index (Phi) is 3.45. The van der Waals surface area contributed by atoms with Gasteiger partial charge in [0.05, 0.1) is 12.5 Å². The van der Waals surface area contributed by atoms with Gasteiger partial charge in [-0.25, -0.2) is 0 Å². The van der Waals surface area contributed by atoms with Crippen molar-refractivity contribution in [3.63, 3.8) is 0 Å². The van der Waals surface area contributed by atoms with E-state index in [9.17, 15) is 4.79 Å². The van der Waals surface area contributed by atoms with E-state index >= 15 is 0 Å². The summed E-state index contributed by atoms with van der Waals surface area (Å²) < 4.78 is 5.63. The number of hydrogen-bond donors (Lipinski definition) is 1. The first kappa shape index (κ1) is 13.5. The molecular formula is C17H23NO2. The molecule has 3 nitrogen and oxygen atoms in total.